The lowest BCUT2D eigenvalue weighted by atomic mass is 9.77. The number of carbonyl (C=O) groups is 2. The highest BCUT2D eigenvalue weighted by Crippen LogP contribution is 2.37. The molecule has 0 saturated heterocycles. The fourth-order valence-corrected chi connectivity index (χ4v) is 4.18. The molecule has 1 atom stereocenters. The van der Waals surface area contributed by atoms with Gasteiger partial charge in [-0.15, -0.1) is 0 Å². The molecule has 0 heterocycles. The summed E-state index contributed by atoms with van der Waals surface area (Å²) in [5.41, 5.74) is 1.97. The van der Waals surface area contributed by atoms with Crippen molar-refractivity contribution in [3.05, 3.63) is 35.4 Å². The molecule has 0 spiro atoms. The number of Topliss-reactive ketones (excluding diaryl/α,β-unsaturated/α-hetero) is 1. The van der Waals surface area contributed by atoms with Crippen molar-refractivity contribution in [3.8, 4) is 0 Å². The largest absolute Gasteiger partial charge is 0.454 e. The minimum atomic E-state index is -0.713. The lowest BCUT2D eigenvalue weighted by molar-refractivity contribution is -0.146. The molecule has 1 fully saturated rings. The number of esters is 1. The van der Waals surface area contributed by atoms with Gasteiger partial charge in [0.2, 0.25) is 5.78 Å². The highest BCUT2D eigenvalue weighted by atomic mass is 16.5. The van der Waals surface area contributed by atoms with E-state index < -0.39 is 6.10 Å². The van der Waals surface area contributed by atoms with Crippen molar-refractivity contribution in [2.75, 3.05) is 0 Å². The number of hydrogen-bond acceptors (Lipinski definition) is 3. The second-order valence-electron chi connectivity index (χ2n) is 8.08. The fourth-order valence-electron chi connectivity index (χ4n) is 4.18. The Balaban J connectivity index is 1.85. The van der Waals surface area contributed by atoms with E-state index >= 15 is 0 Å². The number of rotatable bonds is 10. The van der Waals surface area contributed by atoms with E-state index in [-0.39, 0.29) is 11.8 Å². The average molecular weight is 373 g/mol. The summed E-state index contributed by atoms with van der Waals surface area (Å²) in [7, 11) is 0. The van der Waals surface area contributed by atoms with Gasteiger partial charge in [-0.3, -0.25) is 9.59 Å². The zero-order valence-corrected chi connectivity index (χ0v) is 17.3. The number of ether oxygens (including phenoxy) is 1. The lowest BCUT2D eigenvalue weighted by Gasteiger charge is -2.28. The molecule has 3 heteroatoms. The molecular formula is C24H36O3. The molecule has 150 valence electrons. The Morgan fingerprint density at radius 1 is 1.00 bits per heavy atom. The molecule has 0 N–H and O–H groups in total. The van der Waals surface area contributed by atoms with E-state index in [0.29, 0.717) is 17.9 Å². The molecule has 0 amide bonds. The minimum absolute atomic E-state index is 0.114. The summed E-state index contributed by atoms with van der Waals surface area (Å²) in [4.78, 5) is 24.4. The van der Waals surface area contributed by atoms with Gasteiger partial charge in [-0.25, -0.2) is 0 Å². The summed E-state index contributed by atoms with van der Waals surface area (Å²) in [5, 5.41) is 0. The Bertz CT molecular complexity index is 582. The first kappa shape index (κ1) is 21.7. The first-order valence-corrected chi connectivity index (χ1v) is 10.9. The summed E-state index contributed by atoms with van der Waals surface area (Å²) in [5.74, 6) is 1.14. The number of unbranched alkanes of at least 4 members (excludes halogenated alkanes) is 2. The van der Waals surface area contributed by atoms with Crippen LogP contribution in [0.25, 0.3) is 0 Å². The monoisotopic (exact) mass is 372 g/mol. The molecule has 3 nitrogen and oxygen atoms in total. The molecule has 1 aromatic rings. The minimum Gasteiger partial charge on any atom is -0.454 e. The summed E-state index contributed by atoms with van der Waals surface area (Å²) in [6, 6.07) is 7.98. The maximum atomic E-state index is 12.5. The number of benzene rings is 1. The van der Waals surface area contributed by atoms with Crippen molar-refractivity contribution in [1.29, 1.82) is 0 Å². The van der Waals surface area contributed by atoms with Gasteiger partial charge in [-0.2, -0.15) is 0 Å². The standard InChI is InChI=1S/C24H36O3/c1-4-6-7-9-23(25)27-18(3)24(26)22-16-14-21(15-17-22)20-12-10-19(8-5-2)11-13-20/h14-20H,4-13H2,1-3H3. The average Bonchev–Trinajstić information content (AvgIpc) is 2.68. The van der Waals surface area contributed by atoms with Gasteiger partial charge >= 0.3 is 5.97 Å². The van der Waals surface area contributed by atoms with Crippen LogP contribution in [0.2, 0.25) is 0 Å². The highest BCUT2D eigenvalue weighted by Gasteiger charge is 2.23. The van der Waals surface area contributed by atoms with E-state index in [1.54, 1.807) is 6.92 Å². The maximum Gasteiger partial charge on any atom is 0.306 e. The lowest BCUT2D eigenvalue weighted by Crippen LogP contribution is -2.24. The van der Waals surface area contributed by atoms with Crippen LogP contribution in [0.1, 0.15) is 107 Å². The van der Waals surface area contributed by atoms with Crippen LogP contribution >= 0.6 is 0 Å². The van der Waals surface area contributed by atoms with Gasteiger partial charge in [0, 0.05) is 12.0 Å². The van der Waals surface area contributed by atoms with Crippen LogP contribution in [0, 0.1) is 5.92 Å². The van der Waals surface area contributed by atoms with E-state index in [4.69, 9.17) is 4.74 Å². The van der Waals surface area contributed by atoms with Crippen LogP contribution in [-0.4, -0.2) is 17.9 Å². The summed E-state index contributed by atoms with van der Waals surface area (Å²) in [6.07, 6.45) is 10.4. The Labute approximate surface area is 164 Å². The number of carbonyl (C=O) groups excluding carboxylic acids is 2. The van der Waals surface area contributed by atoms with Crippen molar-refractivity contribution < 1.29 is 14.3 Å². The highest BCUT2D eigenvalue weighted by molar-refractivity contribution is 6.00. The molecule has 1 unspecified atom stereocenters. The normalized spacial score (nSPS) is 20.9. The fraction of sp³-hybridized carbons (Fsp3) is 0.667. The number of hydrogen-bond donors (Lipinski definition) is 0. The Kier molecular flexibility index (Phi) is 9.03. The van der Waals surface area contributed by atoms with Gasteiger partial charge < -0.3 is 4.74 Å². The van der Waals surface area contributed by atoms with E-state index in [2.05, 4.69) is 26.0 Å². The molecule has 0 bridgehead atoms. The van der Waals surface area contributed by atoms with Crippen LogP contribution in [0.3, 0.4) is 0 Å². The number of ketones is 1. The summed E-state index contributed by atoms with van der Waals surface area (Å²) >= 11 is 0. The van der Waals surface area contributed by atoms with Gasteiger partial charge in [0.1, 0.15) is 0 Å². The third kappa shape index (κ3) is 6.79. The molecule has 27 heavy (non-hydrogen) atoms. The second-order valence-corrected chi connectivity index (χ2v) is 8.08. The van der Waals surface area contributed by atoms with E-state index in [1.165, 1.54) is 44.1 Å². The van der Waals surface area contributed by atoms with Crippen LogP contribution < -0.4 is 0 Å². The summed E-state index contributed by atoms with van der Waals surface area (Å²) in [6.45, 7) is 6.03. The summed E-state index contributed by atoms with van der Waals surface area (Å²) < 4.78 is 5.31. The zero-order valence-electron chi connectivity index (χ0n) is 17.3. The van der Waals surface area contributed by atoms with Crippen LogP contribution in [0.15, 0.2) is 24.3 Å². The first-order chi connectivity index (χ1) is 13.0. The van der Waals surface area contributed by atoms with Gasteiger partial charge in [0.15, 0.2) is 6.10 Å². The SMILES string of the molecule is CCCCCC(=O)OC(C)C(=O)c1ccc(C2CCC(CCC)CC2)cc1. The molecular weight excluding hydrogens is 336 g/mol. The third-order valence-corrected chi connectivity index (χ3v) is 5.87. The van der Waals surface area contributed by atoms with E-state index in [9.17, 15) is 9.59 Å². The van der Waals surface area contributed by atoms with Crippen LogP contribution in [0.4, 0.5) is 0 Å². The molecule has 1 aliphatic carbocycles. The van der Waals surface area contributed by atoms with Crippen molar-refractivity contribution in [3.63, 3.8) is 0 Å². The predicted molar refractivity (Wildman–Crippen MR) is 110 cm³/mol. The zero-order chi connectivity index (χ0) is 19.6. The molecule has 1 saturated carbocycles. The molecule has 0 radical (unpaired) electrons. The second kappa shape index (κ2) is 11.3. The van der Waals surface area contributed by atoms with Gasteiger partial charge in [0.25, 0.3) is 0 Å². The topological polar surface area (TPSA) is 43.4 Å². The quantitative estimate of drug-likeness (QED) is 0.269. The van der Waals surface area contributed by atoms with Crippen molar-refractivity contribution in [1.82, 2.24) is 0 Å². The van der Waals surface area contributed by atoms with Gasteiger partial charge in [-0.1, -0.05) is 63.8 Å². The molecule has 0 aliphatic heterocycles. The molecule has 2 rings (SSSR count). The van der Waals surface area contributed by atoms with Crippen molar-refractivity contribution in [2.45, 2.75) is 97.0 Å². The predicted octanol–water partition coefficient (Wildman–Crippen LogP) is 6.46. The Morgan fingerprint density at radius 3 is 2.26 bits per heavy atom. The Morgan fingerprint density at radius 2 is 1.67 bits per heavy atom. The maximum absolute atomic E-state index is 12.5. The third-order valence-electron chi connectivity index (χ3n) is 5.87. The smallest absolute Gasteiger partial charge is 0.306 e. The van der Waals surface area contributed by atoms with Gasteiger partial charge in [-0.05, 0) is 56.4 Å². The van der Waals surface area contributed by atoms with E-state index in [1.807, 2.05) is 12.1 Å². The molecule has 1 aromatic carbocycles. The van der Waals surface area contributed by atoms with E-state index in [0.717, 1.165) is 25.2 Å². The Hall–Kier alpha value is -1.64. The molecule has 0 aromatic heterocycles. The first-order valence-electron chi connectivity index (χ1n) is 10.9. The molecule has 1 aliphatic rings. The van der Waals surface area contributed by atoms with Gasteiger partial charge in [0.05, 0.1) is 0 Å². The van der Waals surface area contributed by atoms with Crippen LogP contribution in [0.5, 0.6) is 0 Å². The van der Waals surface area contributed by atoms with Crippen LogP contribution in [-0.2, 0) is 9.53 Å². The van der Waals surface area contributed by atoms with Crippen molar-refractivity contribution >= 4 is 11.8 Å². The van der Waals surface area contributed by atoms with Crippen molar-refractivity contribution in [2.24, 2.45) is 5.92 Å².